The second-order valence-electron chi connectivity index (χ2n) is 5.18. The largest absolute Gasteiger partial charge is 0.416 e. The molecule has 3 N–H and O–H groups in total. The zero-order chi connectivity index (χ0) is 14.8. The smallest absolute Gasteiger partial charge is 0.396 e. The van der Waals surface area contributed by atoms with E-state index in [1.165, 1.54) is 12.1 Å². The molecule has 1 saturated heterocycles. The first-order chi connectivity index (χ1) is 9.45. The van der Waals surface area contributed by atoms with Crippen LogP contribution in [0, 0.1) is 5.92 Å². The molecule has 0 spiro atoms. The van der Waals surface area contributed by atoms with E-state index in [0.717, 1.165) is 31.1 Å². The van der Waals surface area contributed by atoms with Crippen molar-refractivity contribution in [3.8, 4) is 0 Å². The maximum absolute atomic E-state index is 12.8. The average molecular weight is 288 g/mol. The Morgan fingerprint density at radius 3 is 2.70 bits per heavy atom. The zero-order valence-corrected chi connectivity index (χ0v) is 11.2. The van der Waals surface area contributed by atoms with Crippen LogP contribution in [0.15, 0.2) is 18.2 Å². The van der Waals surface area contributed by atoms with Crippen molar-refractivity contribution in [2.45, 2.75) is 25.6 Å². The van der Waals surface area contributed by atoms with E-state index in [9.17, 15) is 18.3 Å². The number of benzene rings is 1. The third-order valence-electron chi connectivity index (χ3n) is 3.76. The molecule has 0 saturated carbocycles. The van der Waals surface area contributed by atoms with Gasteiger partial charge in [-0.15, -0.1) is 0 Å². The molecule has 2 rings (SSSR count). The van der Waals surface area contributed by atoms with Gasteiger partial charge in [0, 0.05) is 31.9 Å². The Kier molecular flexibility index (Phi) is 4.55. The van der Waals surface area contributed by atoms with Crippen LogP contribution in [0.3, 0.4) is 0 Å². The van der Waals surface area contributed by atoms with Gasteiger partial charge in [-0.3, -0.25) is 0 Å². The van der Waals surface area contributed by atoms with Crippen LogP contribution in [0.1, 0.15) is 24.0 Å². The van der Waals surface area contributed by atoms with Gasteiger partial charge in [-0.1, -0.05) is 0 Å². The Morgan fingerprint density at radius 1 is 1.35 bits per heavy atom. The van der Waals surface area contributed by atoms with Crippen LogP contribution in [0.5, 0.6) is 0 Å². The number of halogens is 3. The second kappa shape index (κ2) is 6.01. The highest BCUT2D eigenvalue weighted by Crippen LogP contribution is 2.34. The summed E-state index contributed by atoms with van der Waals surface area (Å²) in [5.41, 5.74) is 5.63. The van der Waals surface area contributed by atoms with Gasteiger partial charge in [-0.05, 0) is 42.5 Å². The maximum Gasteiger partial charge on any atom is 0.416 e. The van der Waals surface area contributed by atoms with Crippen LogP contribution in [0.2, 0.25) is 0 Å². The fraction of sp³-hybridized carbons (Fsp3) is 0.571. The Labute approximate surface area is 116 Å². The first kappa shape index (κ1) is 15.1. The van der Waals surface area contributed by atoms with Gasteiger partial charge in [0.25, 0.3) is 0 Å². The van der Waals surface area contributed by atoms with Gasteiger partial charge in [0.05, 0.1) is 5.56 Å². The number of anilines is 1. The van der Waals surface area contributed by atoms with Gasteiger partial charge in [0.15, 0.2) is 0 Å². The van der Waals surface area contributed by atoms with Gasteiger partial charge in [0.2, 0.25) is 0 Å². The van der Waals surface area contributed by atoms with Crippen LogP contribution in [-0.2, 0) is 12.7 Å². The number of aliphatic hydroxyl groups is 1. The summed E-state index contributed by atoms with van der Waals surface area (Å²) in [7, 11) is 0. The highest BCUT2D eigenvalue weighted by atomic mass is 19.4. The van der Waals surface area contributed by atoms with E-state index < -0.39 is 11.7 Å². The highest BCUT2D eigenvalue weighted by Gasteiger charge is 2.33. The lowest BCUT2D eigenvalue weighted by molar-refractivity contribution is -0.138. The van der Waals surface area contributed by atoms with E-state index in [0.29, 0.717) is 6.54 Å². The molecule has 0 bridgehead atoms. The van der Waals surface area contributed by atoms with Crippen molar-refractivity contribution in [2.75, 3.05) is 24.6 Å². The van der Waals surface area contributed by atoms with Crippen molar-refractivity contribution in [3.05, 3.63) is 29.3 Å². The fourth-order valence-corrected chi connectivity index (χ4v) is 2.67. The van der Waals surface area contributed by atoms with E-state index >= 15 is 0 Å². The molecule has 0 radical (unpaired) electrons. The Bertz CT molecular complexity index is 462. The number of nitrogens with two attached hydrogens (primary N) is 1. The zero-order valence-electron chi connectivity index (χ0n) is 11.2. The molecule has 0 amide bonds. The summed E-state index contributed by atoms with van der Waals surface area (Å²) >= 11 is 0. The molecule has 1 aromatic carbocycles. The molecule has 1 unspecified atom stereocenters. The summed E-state index contributed by atoms with van der Waals surface area (Å²) in [5, 5.41) is 9.21. The standard InChI is InChI=1S/C14H19F3N2O/c15-14(16,17)13-4-3-12(6-11(13)7-18)19-5-1-2-10(8-19)9-20/h3-4,6,10,20H,1-2,5,7-9,18H2. The van der Waals surface area contributed by atoms with E-state index in [2.05, 4.69) is 0 Å². The molecule has 112 valence electrons. The summed E-state index contributed by atoms with van der Waals surface area (Å²) in [6.45, 7) is 1.44. The van der Waals surface area contributed by atoms with Crippen molar-refractivity contribution >= 4 is 5.69 Å². The van der Waals surface area contributed by atoms with Crippen LogP contribution < -0.4 is 10.6 Å². The predicted octanol–water partition coefficient (Wildman–Crippen LogP) is 2.37. The molecule has 1 atom stereocenters. The lowest BCUT2D eigenvalue weighted by Gasteiger charge is -2.34. The normalized spacial score (nSPS) is 20.2. The molecule has 3 nitrogen and oxygen atoms in total. The van der Waals surface area contributed by atoms with Crippen molar-refractivity contribution in [1.82, 2.24) is 0 Å². The van der Waals surface area contributed by atoms with Crippen molar-refractivity contribution in [2.24, 2.45) is 11.7 Å². The van der Waals surface area contributed by atoms with Gasteiger partial charge >= 0.3 is 6.18 Å². The molecule has 1 fully saturated rings. The monoisotopic (exact) mass is 288 g/mol. The summed E-state index contributed by atoms with van der Waals surface area (Å²) in [6.07, 6.45) is -2.48. The molecule has 1 aliphatic rings. The van der Waals surface area contributed by atoms with Crippen molar-refractivity contribution in [1.29, 1.82) is 0 Å². The molecule has 1 heterocycles. The fourth-order valence-electron chi connectivity index (χ4n) is 2.67. The minimum Gasteiger partial charge on any atom is -0.396 e. The molecule has 1 aromatic rings. The molecule has 0 aliphatic carbocycles. The number of nitrogens with zero attached hydrogens (tertiary/aromatic N) is 1. The first-order valence-electron chi connectivity index (χ1n) is 6.71. The van der Waals surface area contributed by atoms with Gasteiger partial charge in [-0.25, -0.2) is 0 Å². The average Bonchev–Trinajstić information content (AvgIpc) is 2.45. The van der Waals surface area contributed by atoms with Crippen LogP contribution in [0.25, 0.3) is 0 Å². The van der Waals surface area contributed by atoms with Gasteiger partial charge in [0.1, 0.15) is 0 Å². The lowest BCUT2D eigenvalue weighted by Crippen LogP contribution is -2.36. The minimum absolute atomic E-state index is 0.112. The molecule has 20 heavy (non-hydrogen) atoms. The van der Waals surface area contributed by atoms with Crippen LogP contribution >= 0.6 is 0 Å². The molecule has 6 heteroatoms. The summed E-state index contributed by atoms with van der Waals surface area (Å²) in [4.78, 5) is 2.02. The van der Waals surface area contributed by atoms with E-state index in [1.54, 1.807) is 0 Å². The number of rotatable bonds is 3. The molecule has 0 aromatic heterocycles. The molecular weight excluding hydrogens is 269 g/mol. The highest BCUT2D eigenvalue weighted by molar-refractivity contribution is 5.52. The van der Waals surface area contributed by atoms with Crippen LogP contribution in [0.4, 0.5) is 18.9 Å². The quantitative estimate of drug-likeness (QED) is 0.898. The predicted molar refractivity (Wildman–Crippen MR) is 71.4 cm³/mol. The minimum atomic E-state index is -4.37. The molecular formula is C14H19F3N2O. The van der Waals surface area contributed by atoms with E-state index in [4.69, 9.17) is 5.73 Å². The first-order valence-corrected chi connectivity index (χ1v) is 6.71. The van der Waals surface area contributed by atoms with Gasteiger partial charge in [-0.2, -0.15) is 13.2 Å². The third kappa shape index (κ3) is 3.24. The molecule has 1 aliphatic heterocycles. The van der Waals surface area contributed by atoms with E-state index in [1.807, 2.05) is 4.90 Å². The number of piperidine rings is 1. The van der Waals surface area contributed by atoms with Crippen molar-refractivity contribution in [3.63, 3.8) is 0 Å². The van der Waals surface area contributed by atoms with E-state index in [-0.39, 0.29) is 24.6 Å². The topological polar surface area (TPSA) is 49.5 Å². The Morgan fingerprint density at radius 2 is 2.10 bits per heavy atom. The second-order valence-corrected chi connectivity index (χ2v) is 5.18. The lowest BCUT2D eigenvalue weighted by atomic mass is 9.97. The third-order valence-corrected chi connectivity index (χ3v) is 3.76. The number of hydrogen-bond acceptors (Lipinski definition) is 3. The summed E-state index contributed by atoms with van der Waals surface area (Å²) in [5.74, 6) is 0.187. The maximum atomic E-state index is 12.8. The number of aliphatic hydroxyl groups excluding tert-OH is 1. The SMILES string of the molecule is NCc1cc(N2CCCC(CO)C2)ccc1C(F)(F)F. The Hall–Kier alpha value is -1.27. The summed E-state index contributed by atoms with van der Waals surface area (Å²) in [6, 6.07) is 4.10. The van der Waals surface area contributed by atoms with Crippen molar-refractivity contribution < 1.29 is 18.3 Å². The number of alkyl halides is 3. The summed E-state index contributed by atoms with van der Waals surface area (Å²) < 4.78 is 38.5. The van der Waals surface area contributed by atoms with Gasteiger partial charge < -0.3 is 15.7 Å². The van der Waals surface area contributed by atoms with Crippen LogP contribution in [-0.4, -0.2) is 24.8 Å². The number of hydrogen-bond donors (Lipinski definition) is 2. The Balaban J connectivity index is 2.25.